The Morgan fingerprint density at radius 2 is 1.69 bits per heavy atom. The fraction of sp³-hybridized carbons (Fsp3) is 0.261. The molecule has 2 aromatic carbocycles. The molecular weight excluding hydrogens is 360 g/mol. The van der Waals surface area contributed by atoms with Gasteiger partial charge in [-0.2, -0.15) is 4.52 Å². The van der Waals surface area contributed by atoms with Gasteiger partial charge in [0.05, 0.1) is 0 Å². The highest BCUT2D eigenvalue weighted by atomic mass is 15.4. The van der Waals surface area contributed by atoms with Crippen LogP contribution in [-0.2, 0) is 13.0 Å². The van der Waals surface area contributed by atoms with Gasteiger partial charge in [-0.05, 0) is 36.1 Å². The summed E-state index contributed by atoms with van der Waals surface area (Å²) in [4.78, 5) is 2.54. The Morgan fingerprint density at radius 1 is 0.862 bits per heavy atom. The first-order chi connectivity index (χ1) is 14.4. The highest BCUT2D eigenvalue weighted by Gasteiger charge is 2.15. The van der Waals surface area contributed by atoms with E-state index in [1.54, 1.807) is 4.52 Å². The second-order valence-corrected chi connectivity index (χ2v) is 7.45. The van der Waals surface area contributed by atoms with Crippen LogP contribution in [0.1, 0.15) is 17.5 Å². The summed E-state index contributed by atoms with van der Waals surface area (Å²) in [7, 11) is 0. The maximum absolute atomic E-state index is 4.69. The lowest BCUT2D eigenvalue weighted by molar-refractivity contribution is 0.253. The Hall–Kier alpha value is -3.25. The minimum atomic E-state index is 0.751. The minimum Gasteiger partial charge on any atom is -0.369 e. The monoisotopic (exact) mass is 384 g/mol. The number of nitrogens with one attached hydrogen (secondary N) is 1. The predicted molar refractivity (Wildman–Crippen MR) is 115 cm³/mol. The van der Waals surface area contributed by atoms with E-state index in [0.717, 1.165) is 61.9 Å². The first-order valence-electron chi connectivity index (χ1n) is 10.2. The summed E-state index contributed by atoms with van der Waals surface area (Å²) in [6.45, 7) is 4.18. The van der Waals surface area contributed by atoms with Gasteiger partial charge in [0.15, 0.2) is 11.5 Å². The van der Waals surface area contributed by atoms with E-state index in [1.807, 2.05) is 42.5 Å². The summed E-state index contributed by atoms with van der Waals surface area (Å²) in [5.74, 6) is 1.61. The van der Waals surface area contributed by atoms with Crippen LogP contribution in [0.3, 0.4) is 0 Å². The molecule has 0 fully saturated rings. The Labute approximate surface area is 170 Å². The van der Waals surface area contributed by atoms with Crippen molar-refractivity contribution in [2.75, 3.05) is 25.0 Å². The van der Waals surface area contributed by atoms with Crippen molar-refractivity contribution in [3.05, 3.63) is 77.9 Å². The summed E-state index contributed by atoms with van der Waals surface area (Å²) in [5.41, 5.74) is 4.74. The highest BCUT2D eigenvalue weighted by Crippen LogP contribution is 2.19. The van der Waals surface area contributed by atoms with E-state index in [-0.39, 0.29) is 0 Å². The topological polar surface area (TPSA) is 58.4 Å². The van der Waals surface area contributed by atoms with E-state index in [2.05, 4.69) is 44.7 Å². The molecule has 146 valence electrons. The zero-order valence-electron chi connectivity index (χ0n) is 16.3. The van der Waals surface area contributed by atoms with Crippen LogP contribution in [0, 0.1) is 0 Å². The van der Waals surface area contributed by atoms with Crippen molar-refractivity contribution in [3.8, 4) is 11.4 Å². The van der Waals surface area contributed by atoms with Gasteiger partial charge >= 0.3 is 0 Å². The molecule has 5 rings (SSSR count). The average Bonchev–Trinajstić information content (AvgIpc) is 3.20. The SMILES string of the molecule is c1ccc(-c2nnc3ccc(NCCCN4CCc5ccccc5C4)nn23)cc1. The van der Waals surface area contributed by atoms with Crippen LogP contribution in [0.25, 0.3) is 17.0 Å². The van der Waals surface area contributed by atoms with Crippen molar-refractivity contribution in [3.63, 3.8) is 0 Å². The number of rotatable bonds is 6. The molecule has 3 heterocycles. The van der Waals surface area contributed by atoms with Crippen molar-refractivity contribution in [1.82, 2.24) is 24.7 Å². The molecule has 4 aromatic rings. The third-order valence-corrected chi connectivity index (χ3v) is 5.46. The molecule has 0 amide bonds. The molecule has 2 aromatic heterocycles. The molecule has 1 aliphatic heterocycles. The summed E-state index contributed by atoms with van der Waals surface area (Å²) in [6, 6.07) is 22.7. The van der Waals surface area contributed by atoms with E-state index >= 15 is 0 Å². The van der Waals surface area contributed by atoms with E-state index in [1.165, 1.54) is 11.1 Å². The van der Waals surface area contributed by atoms with Gasteiger partial charge in [0.2, 0.25) is 0 Å². The molecule has 0 aliphatic carbocycles. The predicted octanol–water partition coefficient (Wildman–Crippen LogP) is 3.65. The van der Waals surface area contributed by atoms with E-state index in [0.29, 0.717) is 0 Å². The highest BCUT2D eigenvalue weighted by molar-refractivity contribution is 5.59. The molecular formula is C23H24N6. The largest absolute Gasteiger partial charge is 0.369 e. The van der Waals surface area contributed by atoms with Crippen LogP contribution in [0.5, 0.6) is 0 Å². The van der Waals surface area contributed by atoms with Crippen LogP contribution in [-0.4, -0.2) is 44.3 Å². The zero-order valence-corrected chi connectivity index (χ0v) is 16.3. The van der Waals surface area contributed by atoms with Crippen molar-refractivity contribution in [2.45, 2.75) is 19.4 Å². The van der Waals surface area contributed by atoms with Gasteiger partial charge in [0, 0.05) is 31.7 Å². The minimum absolute atomic E-state index is 0.751. The lowest BCUT2D eigenvalue weighted by atomic mass is 10.00. The smallest absolute Gasteiger partial charge is 0.185 e. The van der Waals surface area contributed by atoms with Crippen LogP contribution in [0.2, 0.25) is 0 Å². The Bertz CT molecular complexity index is 1100. The number of hydrogen-bond donors (Lipinski definition) is 1. The van der Waals surface area contributed by atoms with E-state index < -0.39 is 0 Å². The molecule has 0 atom stereocenters. The van der Waals surface area contributed by atoms with Crippen LogP contribution in [0.4, 0.5) is 5.82 Å². The molecule has 0 saturated heterocycles. The molecule has 0 bridgehead atoms. The van der Waals surface area contributed by atoms with E-state index in [4.69, 9.17) is 5.10 Å². The Kier molecular flexibility index (Phi) is 4.92. The summed E-state index contributed by atoms with van der Waals surface area (Å²) in [5, 5.41) is 16.7. The van der Waals surface area contributed by atoms with Gasteiger partial charge in [-0.15, -0.1) is 15.3 Å². The first kappa shape index (κ1) is 17.8. The van der Waals surface area contributed by atoms with Gasteiger partial charge in [-0.3, -0.25) is 4.90 Å². The maximum atomic E-state index is 4.69. The summed E-state index contributed by atoms with van der Waals surface area (Å²) in [6.07, 6.45) is 2.23. The normalized spacial score (nSPS) is 14.1. The molecule has 0 spiro atoms. The molecule has 6 nitrogen and oxygen atoms in total. The molecule has 6 heteroatoms. The molecule has 0 saturated carbocycles. The van der Waals surface area contributed by atoms with Gasteiger partial charge in [-0.1, -0.05) is 54.6 Å². The maximum Gasteiger partial charge on any atom is 0.185 e. The van der Waals surface area contributed by atoms with Gasteiger partial charge in [-0.25, -0.2) is 0 Å². The van der Waals surface area contributed by atoms with E-state index in [9.17, 15) is 0 Å². The zero-order chi connectivity index (χ0) is 19.5. The molecule has 1 aliphatic rings. The number of hydrogen-bond acceptors (Lipinski definition) is 5. The quantitative estimate of drug-likeness (QED) is 0.514. The third-order valence-electron chi connectivity index (χ3n) is 5.46. The second kappa shape index (κ2) is 8.01. The van der Waals surface area contributed by atoms with Gasteiger partial charge in [0.25, 0.3) is 0 Å². The molecule has 0 radical (unpaired) electrons. The number of aromatic nitrogens is 4. The first-order valence-corrected chi connectivity index (χ1v) is 10.2. The number of benzene rings is 2. The average molecular weight is 384 g/mol. The second-order valence-electron chi connectivity index (χ2n) is 7.45. The third kappa shape index (κ3) is 3.84. The van der Waals surface area contributed by atoms with Gasteiger partial charge in [0.1, 0.15) is 5.82 Å². The Morgan fingerprint density at radius 3 is 2.59 bits per heavy atom. The standard InChI is InChI=1S/C23H24N6/c1-2-8-19(9-3-1)23-26-25-22-12-11-21(27-29(22)23)24-14-6-15-28-16-13-18-7-4-5-10-20(18)17-28/h1-5,7-12H,6,13-17H2,(H,24,27). The Balaban J connectivity index is 1.19. The summed E-state index contributed by atoms with van der Waals surface area (Å²) >= 11 is 0. The lowest BCUT2D eigenvalue weighted by Gasteiger charge is -2.28. The molecule has 1 N–H and O–H groups in total. The fourth-order valence-electron chi connectivity index (χ4n) is 3.91. The number of anilines is 1. The van der Waals surface area contributed by atoms with Crippen molar-refractivity contribution < 1.29 is 0 Å². The van der Waals surface area contributed by atoms with Crippen LogP contribution >= 0.6 is 0 Å². The summed E-state index contributed by atoms with van der Waals surface area (Å²) < 4.78 is 1.80. The van der Waals surface area contributed by atoms with Gasteiger partial charge < -0.3 is 5.32 Å². The number of nitrogens with zero attached hydrogens (tertiary/aromatic N) is 5. The van der Waals surface area contributed by atoms with Crippen LogP contribution in [0.15, 0.2) is 66.7 Å². The van der Waals surface area contributed by atoms with Crippen molar-refractivity contribution in [1.29, 1.82) is 0 Å². The van der Waals surface area contributed by atoms with Crippen molar-refractivity contribution in [2.24, 2.45) is 0 Å². The lowest BCUT2D eigenvalue weighted by Crippen LogP contribution is -2.32. The number of fused-ring (bicyclic) bond motifs is 2. The van der Waals surface area contributed by atoms with Crippen molar-refractivity contribution >= 4 is 11.5 Å². The fourth-order valence-corrected chi connectivity index (χ4v) is 3.91. The van der Waals surface area contributed by atoms with Crippen LogP contribution < -0.4 is 5.32 Å². The molecule has 0 unspecified atom stereocenters. The molecule has 29 heavy (non-hydrogen) atoms.